The number of rotatable bonds is 5. The van der Waals surface area contributed by atoms with Crippen LogP contribution in [0.3, 0.4) is 0 Å². The average Bonchev–Trinajstić information content (AvgIpc) is 2.50. The number of benzene rings is 2. The smallest absolute Gasteiger partial charge is 0.228 e. The average molecular weight is 368 g/mol. The predicted octanol–water partition coefficient (Wildman–Crippen LogP) is 3.79. The lowest BCUT2D eigenvalue weighted by atomic mass is 10.1. The Balaban J connectivity index is 2.14. The zero-order valence-corrected chi connectivity index (χ0v) is 13.7. The summed E-state index contributed by atoms with van der Waals surface area (Å²) in [5.41, 5.74) is 1.21. The summed E-state index contributed by atoms with van der Waals surface area (Å²) in [6.07, 6.45) is 0.115. The number of carbonyl (C=O) groups excluding carboxylic acids is 1. The Morgan fingerprint density at radius 2 is 1.95 bits per heavy atom. The molecule has 0 saturated carbocycles. The van der Waals surface area contributed by atoms with Crippen molar-refractivity contribution in [3.63, 3.8) is 0 Å². The monoisotopic (exact) mass is 367 g/mol. The van der Waals surface area contributed by atoms with Gasteiger partial charge in [-0.1, -0.05) is 0 Å². The van der Waals surface area contributed by atoms with Crippen molar-refractivity contribution >= 4 is 27.5 Å². The van der Waals surface area contributed by atoms with Crippen molar-refractivity contribution in [3.05, 3.63) is 52.3 Å². The number of amides is 1. The van der Waals surface area contributed by atoms with Crippen molar-refractivity contribution in [2.24, 2.45) is 0 Å². The molecule has 4 nitrogen and oxygen atoms in total. The number of hydrogen-bond acceptors (Lipinski definition) is 3. The van der Waals surface area contributed by atoms with Crippen LogP contribution in [-0.4, -0.2) is 20.1 Å². The number of hydrogen-bond donors (Lipinski definition) is 1. The van der Waals surface area contributed by atoms with E-state index in [1.807, 2.05) is 0 Å². The number of carbonyl (C=O) groups is 1. The topological polar surface area (TPSA) is 47.6 Å². The summed E-state index contributed by atoms with van der Waals surface area (Å²) in [7, 11) is 3.10. The number of methoxy groups -OCH3 is 2. The van der Waals surface area contributed by atoms with Gasteiger partial charge in [0.2, 0.25) is 5.91 Å². The Kier molecular flexibility index (Phi) is 5.38. The molecule has 116 valence electrons. The van der Waals surface area contributed by atoms with Crippen LogP contribution in [0, 0.1) is 5.82 Å². The molecule has 0 aliphatic rings. The number of nitrogens with one attached hydrogen (secondary N) is 1. The van der Waals surface area contributed by atoms with Crippen LogP contribution in [0.15, 0.2) is 40.9 Å². The maximum Gasteiger partial charge on any atom is 0.228 e. The highest BCUT2D eigenvalue weighted by Gasteiger charge is 2.12. The fraction of sp³-hybridized carbons (Fsp3) is 0.188. The van der Waals surface area contributed by atoms with E-state index in [1.165, 1.54) is 18.2 Å². The molecule has 1 amide bonds. The van der Waals surface area contributed by atoms with E-state index in [0.29, 0.717) is 27.2 Å². The summed E-state index contributed by atoms with van der Waals surface area (Å²) in [6.45, 7) is 0. The van der Waals surface area contributed by atoms with Crippen LogP contribution in [0.2, 0.25) is 0 Å². The van der Waals surface area contributed by atoms with Crippen LogP contribution in [0.5, 0.6) is 11.5 Å². The number of halogens is 2. The van der Waals surface area contributed by atoms with Gasteiger partial charge in [0.15, 0.2) is 0 Å². The molecule has 0 unspecified atom stereocenters. The van der Waals surface area contributed by atoms with E-state index in [0.717, 1.165) is 0 Å². The molecular weight excluding hydrogens is 353 g/mol. The number of ether oxygens (including phenoxy) is 2. The van der Waals surface area contributed by atoms with Gasteiger partial charge in [-0.25, -0.2) is 4.39 Å². The molecule has 2 aromatic rings. The van der Waals surface area contributed by atoms with Gasteiger partial charge in [-0.05, 0) is 52.3 Å². The van der Waals surface area contributed by atoms with Crippen molar-refractivity contribution in [2.75, 3.05) is 19.5 Å². The molecule has 22 heavy (non-hydrogen) atoms. The van der Waals surface area contributed by atoms with Crippen LogP contribution >= 0.6 is 15.9 Å². The lowest BCUT2D eigenvalue weighted by Crippen LogP contribution is -2.15. The third kappa shape index (κ3) is 3.98. The van der Waals surface area contributed by atoms with Gasteiger partial charge >= 0.3 is 0 Å². The van der Waals surface area contributed by atoms with Gasteiger partial charge in [0.05, 0.1) is 26.3 Å². The zero-order valence-electron chi connectivity index (χ0n) is 12.2. The molecule has 0 saturated heterocycles. The van der Waals surface area contributed by atoms with Gasteiger partial charge < -0.3 is 14.8 Å². The molecule has 0 fully saturated rings. The van der Waals surface area contributed by atoms with E-state index in [2.05, 4.69) is 21.2 Å². The van der Waals surface area contributed by atoms with Gasteiger partial charge in [-0.2, -0.15) is 0 Å². The molecule has 0 radical (unpaired) electrons. The highest BCUT2D eigenvalue weighted by molar-refractivity contribution is 9.10. The summed E-state index contributed by atoms with van der Waals surface area (Å²) in [4.78, 5) is 12.2. The molecule has 0 atom stereocenters. The molecule has 0 bridgehead atoms. The second-order valence-electron chi connectivity index (χ2n) is 4.53. The van der Waals surface area contributed by atoms with E-state index in [1.54, 1.807) is 32.4 Å². The molecule has 2 rings (SSSR count). The predicted molar refractivity (Wildman–Crippen MR) is 86.0 cm³/mol. The van der Waals surface area contributed by atoms with E-state index in [9.17, 15) is 9.18 Å². The van der Waals surface area contributed by atoms with Gasteiger partial charge in [0, 0.05) is 10.0 Å². The van der Waals surface area contributed by atoms with Crippen LogP contribution in [0.25, 0.3) is 0 Å². The summed E-state index contributed by atoms with van der Waals surface area (Å²) < 4.78 is 23.9. The zero-order chi connectivity index (χ0) is 16.1. The Morgan fingerprint density at radius 3 is 2.59 bits per heavy atom. The maximum absolute atomic E-state index is 13.0. The SMILES string of the molecule is COc1ccc(OC)c(CC(=O)Nc2ccc(F)cc2Br)c1. The lowest BCUT2D eigenvalue weighted by Gasteiger charge is -2.11. The Morgan fingerprint density at radius 1 is 1.18 bits per heavy atom. The van der Waals surface area contributed by atoms with Gasteiger partial charge in [0.1, 0.15) is 17.3 Å². The van der Waals surface area contributed by atoms with Gasteiger partial charge in [-0.3, -0.25) is 4.79 Å². The van der Waals surface area contributed by atoms with E-state index >= 15 is 0 Å². The van der Waals surface area contributed by atoms with Crippen molar-refractivity contribution in [3.8, 4) is 11.5 Å². The minimum atomic E-state index is -0.376. The number of anilines is 1. The summed E-state index contributed by atoms with van der Waals surface area (Å²) in [6, 6.07) is 9.33. The third-order valence-electron chi connectivity index (χ3n) is 3.04. The second kappa shape index (κ2) is 7.26. The van der Waals surface area contributed by atoms with E-state index < -0.39 is 0 Å². The molecule has 0 heterocycles. The standard InChI is InChI=1S/C16H15BrFNO3/c1-21-12-4-6-15(22-2)10(7-12)8-16(20)19-14-5-3-11(18)9-13(14)17/h3-7,9H,8H2,1-2H3,(H,19,20). The molecule has 0 spiro atoms. The Labute approximate surface area is 136 Å². The molecule has 0 aliphatic heterocycles. The molecule has 0 aromatic heterocycles. The Bertz CT molecular complexity index is 691. The van der Waals surface area contributed by atoms with Crippen molar-refractivity contribution in [1.29, 1.82) is 0 Å². The first-order valence-electron chi connectivity index (χ1n) is 6.49. The maximum atomic E-state index is 13.0. The highest BCUT2D eigenvalue weighted by atomic mass is 79.9. The van der Waals surface area contributed by atoms with Crippen molar-refractivity contribution in [2.45, 2.75) is 6.42 Å². The molecule has 1 N–H and O–H groups in total. The molecule has 2 aromatic carbocycles. The minimum absolute atomic E-state index is 0.115. The largest absolute Gasteiger partial charge is 0.497 e. The summed E-state index contributed by atoms with van der Waals surface area (Å²) in [5, 5.41) is 2.73. The van der Waals surface area contributed by atoms with Crippen molar-refractivity contribution in [1.82, 2.24) is 0 Å². The van der Waals surface area contributed by atoms with Crippen LogP contribution in [-0.2, 0) is 11.2 Å². The first kappa shape index (κ1) is 16.3. The van der Waals surface area contributed by atoms with Gasteiger partial charge in [0.25, 0.3) is 0 Å². The molecule has 0 aliphatic carbocycles. The summed E-state index contributed by atoms with van der Waals surface area (Å²) in [5.74, 6) is 0.638. The third-order valence-corrected chi connectivity index (χ3v) is 3.70. The first-order chi connectivity index (χ1) is 10.5. The van der Waals surface area contributed by atoms with E-state index in [4.69, 9.17) is 9.47 Å². The molecular formula is C16H15BrFNO3. The van der Waals surface area contributed by atoms with Gasteiger partial charge in [-0.15, -0.1) is 0 Å². The molecule has 6 heteroatoms. The van der Waals surface area contributed by atoms with Crippen molar-refractivity contribution < 1.29 is 18.7 Å². The fourth-order valence-electron chi connectivity index (χ4n) is 1.98. The van der Waals surface area contributed by atoms with Crippen LogP contribution < -0.4 is 14.8 Å². The lowest BCUT2D eigenvalue weighted by molar-refractivity contribution is -0.115. The van der Waals surface area contributed by atoms with E-state index in [-0.39, 0.29) is 18.1 Å². The second-order valence-corrected chi connectivity index (χ2v) is 5.38. The summed E-state index contributed by atoms with van der Waals surface area (Å²) >= 11 is 3.21. The fourth-order valence-corrected chi connectivity index (χ4v) is 2.43. The highest BCUT2D eigenvalue weighted by Crippen LogP contribution is 2.26. The minimum Gasteiger partial charge on any atom is -0.497 e. The van der Waals surface area contributed by atoms with Crippen LogP contribution in [0.4, 0.5) is 10.1 Å². The quantitative estimate of drug-likeness (QED) is 0.874. The normalized spacial score (nSPS) is 10.2. The Hall–Kier alpha value is -2.08. The first-order valence-corrected chi connectivity index (χ1v) is 7.28. The van der Waals surface area contributed by atoms with Crippen LogP contribution in [0.1, 0.15) is 5.56 Å².